The molecular formula is C16H17BrFN3O2S. The molecule has 0 aliphatic heterocycles. The summed E-state index contributed by atoms with van der Waals surface area (Å²) >= 11 is 4.57. The van der Waals surface area contributed by atoms with Crippen molar-refractivity contribution in [3.63, 3.8) is 0 Å². The summed E-state index contributed by atoms with van der Waals surface area (Å²) in [5, 5.41) is 12.3. The van der Waals surface area contributed by atoms with Crippen LogP contribution in [0.1, 0.15) is 43.0 Å². The minimum Gasteiger partial charge on any atom is -0.481 e. The van der Waals surface area contributed by atoms with Crippen molar-refractivity contribution in [2.75, 3.05) is 11.9 Å². The second-order valence-electron chi connectivity index (χ2n) is 5.69. The van der Waals surface area contributed by atoms with Gasteiger partial charge in [-0.3, -0.25) is 10.1 Å². The molecular weight excluding hydrogens is 397 g/mol. The lowest BCUT2D eigenvalue weighted by atomic mass is 9.90. The van der Waals surface area contributed by atoms with Crippen LogP contribution in [0, 0.1) is 5.82 Å². The van der Waals surface area contributed by atoms with Crippen LogP contribution in [0.5, 0.6) is 5.75 Å². The normalized spacial score (nSPS) is 15.2. The third kappa shape index (κ3) is 4.51. The van der Waals surface area contributed by atoms with Crippen LogP contribution in [0.3, 0.4) is 0 Å². The molecule has 128 valence electrons. The van der Waals surface area contributed by atoms with Gasteiger partial charge < -0.3 is 4.74 Å². The Hall–Kier alpha value is -1.54. The molecule has 1 saturated carbocycles. The molecule has 1 fully saturated rings. The van der Waals surface area contributed by atoms with Crippen LogP contribution >= 0.6 is 27.3 Å². The van der Waals surface area contributed by atoms with Crippen molar-refractivity contribution in [3.8, 4) is 5.75 Å². The van der Waals surface area contributed by atoms with Gasteiger partial charge in [0.2, 0.25) is 5.13 Å². The van der Waals surface area contributed by atoms with Crippen molar-refractivity contribution in [1.82, 2.24) is 10.2 Å². The fourth-order valence-corrected chi connectivity index (χ4v) is 3.95. The Kier molecular flexibility index (Phi) is 5.78. The van der Waals surface area contributed by atoms with Gasteiger partial charge in [0.15, 0.2) is 18.2 Å². The molecule has 1 aliphatic carbocycles. The van der Waals surface area contributed by atoms with Crippen molar-refractivity contribution >= 4 is 38.3 Å². The molecule has 5 nitrogen and oxygen atoms in total. The quantitative estimate of drug-likeness (QED) is 0.782. The fourth-order valence-electron chi connectivity index (χ4n) is 2.69. The Balaban J connectivity index is 1.52. The maximum Gasteiger partial charge on any atom is 0.264 e. The predicted octanol–water partition coefficient (Wildman–Crippen LogP) is 4.50. The summed E-state index contributed by atoms with van der Waals surface area (Å²) in [7, 11) is 0. The first-order valence-electron chi connectivity index (χ1n) is 7.83. The van der Waals surface area contributed by atoms with Gasteiger partial charge in [-0.1, -0.05) is 46.5 Å². The number of nitrogens with zero attached hydrogens (tertiary/aromatic N) is 2. The Morgan fingerprint density at radius 2 is 2.12 bits per heavy atom. The smallest absolute Gasteiger partial charge is 0.264 e. The molecule has 1 aliphatic rings. The first-order chi connectivity index (χ1) is 11.6. The molecule has 0 bridgehead atoms. The lowest BCUT2D eigenvalue weighted by molar-refractivity contribution is -0.118. The number of nitrogens with one attached hydrogen (secondary N) is 1. The number of amides is 1. The van der Waals surface area contributed by atoms with E-state index < -0.39 is 5.82 Å². The summed E-state index contributed by atoms with van der Waals surface area (Å²) in [6, 6.07) is 4.41. The number of carbonyl (C=O) groups is 1. The van der Waals surface area contributed by atoms with E-state index >= 15 is 0 Å². The number of hydrogen-bond acceptors (Lipinski definition) is 5. The van der Waals surface area contributed by atoms with Crippen molar-refractivity contribution in [2.45, 2.75) is 38.0 Å². The molecule has 0 atom stereocenters. The molecule has 1 aromatic carbocycles. The average molecular weight is 414 g/mol. The summed E-state index contributed by atoms with van der Waals surface area (Å²) in [5.41, 5.74) is 0. The van der Waals surface area contributed by atoms with Gasteiger partial charge >= 0.3 is 0 Å². The van der Waals surface area contributed by atoms with E-state index in [0.717, 1.165) is 17.8 Å². The standard InChI is InChI=1S/C16H17BrFN3O2S/c17-11-6-7-13(12(18)8-11)23-9-14(22)19-16-21-20-15(24-16)10-4-2-1-3-5-10/h6-8,10H,1-5,9H2,(H,19,21,22). The van der Waals surface area contributed by atoms with Crippen molar-refractivity contribution < 1.29 is 13.9 Å². The second kappa shape index (κ2) is 8.02. The van der Waals surface area contributed by atoms with E-state index in [4.69, 9.17) is 4.74 Å². The molecule has 2 aromatic rings. The Morgan fingerprint density at radius 1 is 1.33 bits per heavy atom. The van der Waals surface area contributed by atoms with Gasteiger partial charge in [-0.05, 0) is 31.0 Å². The van der Waals surface area contributed by atoms with Crippen LogP contribution in [0.25, 0.3) is 0 Å². The molecule has 0 radical (unpaired) electrons. The third-order valence-corrected chi connectivity index (χ3v) is 5.39. The first kappa shape index (κ1) is 17.3. The van der Waals surface area contributed by atoms with Gasteiger partial charge in [0.05, 0.1) is 0 Å². The highest BCUT2D eigenvalue weighted by Crippen LogP contribution is 2.35. The summed E-state index contributed by atoms with van der Waals surface area (Å²) in [5.74, 6) is -0.417. The lowest BCUT2D eigenvalue weighted by Crippen LogP contribution is -2.20. The summed E-state index contributed by atoms with van der Waals surface area (Å²) in [6.45, 7) is -0.281. The van der Waals surface area contributed by atoms with Crippen LogP contribution in [0.4, 0.5) is 9.52 Å². The van der Waals surface area contributed by atoms with Crippen LogP contribution < -0.4 is 10.1 Å². The number of ether oxygens (including phenoxy) is 1. The summed E-state index contributed by atoms with van der Waals surface area (Å²) < 4.78 is 19.4. The molecule has 1 N–H and O–H groups in total. The van der Waals surface area contributed by atoms with Gasteiger partial charge in [0.1, 0.15) is 5.01 Å². The highest BCUT2D eigenvalue weighted by Gasteiger charge is 2.20. The van der Waals surface area contributed by atoms with Gasteiger partial charge in [0.25, 0.3) is 5.91 Å². The third-order valence-electron chi connectivity index (χ3n) is 3.89. The maximum absolute atomic E-state index is 13.6. The number of halogens is 2. The maximum atomic E-state index is 13.6. The fraction of sp³-hybridized carbons (Fsp3) is 0.438. The number of anilines is 1. The molecule has 3 rings (SSSR count). The van der Waals surface area contributed by atoms with Crippen LogP contribution in [-0.4, -0.2) is 22.7 Å². The Morgan fingerprint density at radius 3 is 2.88 bits per heavy atom. The molecule has 0 spiro atoms. The minimum absolute atomic E-state index is 0.0357. The van der Waals surface area contributed by atoms with Gasteiger partial charge in [0, 0.05) is 10.4 Å². The Bertz CT molecular complexity index is 719. The SMILES string of the molecule is O=C(COc1ccc(Br)cc1F)Nc1nnc(C2CCCCC2)s1. The zero-order valence-electron chi connectivity index (χ0n) is 12.9. The number of aromatic nitrogens is 2. The highest BCUT2D eigenvalue weighted by molar-refractivity contribution is 9.10. The van der Waals surface area contributed by atoms with Crippen molar-refractivity contribution in [2.24, 2.45) is 0 Å². The van der Waals surface area contributed by atoms with Crippen molar-refractivity contribution in [1.29, 1.82) is 0 Å². The monoisotopic (exact) mass is 413 g/mol. The molecule has 1 heterocycles. The van der Waals surface area contributed by atoms with E-state index in [9.17, 15) is 9.18 Å². The van der Waals surface area contributed by atoms with Gasteiger partial charge in [-0.15, -0.1) is 10.2 Å². The number of rotatable bonds is 5. The van der Waals surface area contributed by atoms with E-state index in [2.05, 4.69) is 31.4 Å². The molecule has 1 amide bonds. The highest BCUT2D eigenvalue weighted by atomic mass is 79.9. The van der Waals surface area contributed by atoms with E-state index in [1.165, 1.54) is 42.7 Å². The van der Waals surface area contributed by atoms with Gasteiger partial charge in [-0.2, -0.15) is 0 Å². The van der Waals surface area contributed by atoms with E-state index in [1.807, 2.05) is 0 Å². The summed E-state index contributed by atoms with van der Waals surface area (Å²) in [6.07, 6.45) is 5.99. The first-order valence-corrected chi connectivity index (χ1v) is 9.44. The van der Waals surface area contributed by atoms with E-state index in [1.54, 1.807) is 6.07 Å². The predicted molar refractivity (Wildman–Crippen MR) is 94.0 cm³/mol. The Labute approximate surface area is 151 Å². The second-order valence-corrected chi connectivity index (χ2v) is 7.62. The lowest BCUT2D eigenvalue weighted by Gasteiger charge is -2.18. The number of benzene rings is 1. The minimum atomic E-state index is -0.521. The van der Waals surface area contributed by atoms with Gasteiger partial charge in [-0.25, -0.2) is 4.39 Å². The zero-order valence-corrected chi connectivity index (χ0v) is 15.3. The van der Waals surface area contributed by atoms with E-state index in [-0.39, 0.29) is 18.3 Å². The zero-order chi connectivity index (χ0) is 16.9. The van der Waals surface area contributed by atoms with Crippen LogP contribution in [-0.2, 0) is 4.79 Å². The molecule has 0 unspecified atom stereocenters. The average Bonchev–Trinajstić information content (AvgIpc) is 3.03. The molecule has 24 heavy (non-hydrogen) atoms. The number of hydrogen-bond donors (Lipinski definition) is 1. The van der Waals surface area contributed by atoms with Crippen molar-refractivity contribution in [3.05, 3.63) is 33.5 Å². The largest absolute Gasteiger partial charge is 0.481 e. The molecule has 8 heteroatoms. The van der Waals surface area contributed by atoms with E-state index in [0.29, 0.717) is 15.5 Å². The molecule has 1 aromatic heterocycles. The summed E-state index contributed by atoms with van der Waals surface area (Å²) in [4.78, 5) is 11.9. The molecule has 0 saturated heterocycles. The van der Waals surface area contributed by atoms with Crippen LogP contribution in [0.15, 0.2) is 22.7 Å². The topological polar surface area (TPSA) is 64.1 Å². The number of carbonyl (C=O) groups excluding carboxylic acids is 1. The van der Waals surface area contributed by atoms with Crippen LogP contribution in [0.2, 0.25) is 0 Å².